The largest absolute Gasteiger partial charge is 0.295 e. The highest BCUT2D eigenvalue weighted by Gasteiger charge is 2.10. The molecular formula is C19H17N3O. The summed E-state index contributed by atoms with van der Waals surface area (Å²) in [5.41, 5.74) is 5.89. The molecular weight excluding hydrogens is 286 g/mol. The Kier molecular flexibility index (Phi) is 4.34. The molecule has 0 aliphatic carbocycles. The van der Waals surface area contributed by atoms with Crippen molar-refractivity contribution < 1.29 is 4.79 Å². The quantitative estimate of drug-likeness (QED) is 0.559. The van der Waals surface area contributed by atoms with E-state index in [0.717, 1.165) is 17.2 Å². The molecule has 0 radical (unpaired) electrons. The Morgan fingerprint density at radius 2 is 1.52 bits per heavy atom. The second-order valence-corrected chi connectivity index (χ2v) is 5.10. The first-order valence-electron chi connectivity index (χ1n) is 7.38. The maximum Gasteiger partial charge on any atom is 0.159 e. The molecule has 0 saturated carbocycles. The minimum absolute atomic E-state index is 0.0560. The molecule has 0 fully saturated rings. The first kappa shape index (κ1) is 14.8. The summed E-state index contributed by atoms with van der Waals surface area (Å²) in [6.45, 7) is 1.57. The summed E-state index contributed by atoms with van der Waals surface area (Å²) in [4.78, 5) is 15.8. The number of carbonyl (C=O) groups is 1. The van der Waals surface area contributed by atoms with Crippen LogP contribution in [0.3, 0.4) is 0 Å². The monoisotopic (exact) mass is 303 g/mol. The standard InChI is InChI=1S/C19H17N3O/c1-15(23)16-10-12-18(13-11-16)22(17-7-3-2-4-8-17)21-19-9-5-6-14-20-19/h2-14H,1H3,(H,20,21). The Morgan fingerprint density at radius 3 is 2.13 bits per heavy atom. The van der Waals surface area contributed by atoms with Crippen LogP contribution in [0.5, 0.6) is 0 Å². The van der Waals surface area contributed by atoms with Gasteiger partial charge in [-0.1, -0.05) is 24.3 Å². The van der Waals surface area contributed by atoms with Crippen LogP contribution in [0.25, 0.3) is 0 Å². The van der Waals surface area contributed by atoms with Gasteiger partial charge >= 0.3 is 0 Å². The van der Waals surface area contributed by atoms with Crippen molar-refractivity contribution >= 4 is 23.0 Å². The Hall–Kier alpha value is -3.14. The first-order chi connectivity index (χ1) is 11.2. The number of pyridine rings is 1. The molecule has 0 aliphatic heterocycles. The smallest absolute Gasteiger partial charge is 0.159 e. The van der Waals surface area contributed by atoms with Gasteiger partial charge in [-0.2, -0.15) is 0 Å². The predicted molar refractivity (Wildman–Crippen MR) is 92.9 cm³/mol. The molecule has 1 heterocycles. The Labute approximate surface area is 135 Å². The van der Waals surface area contributed by atoms with Gasteiger partial charge < -0.3 is 0 Å². The minimum atomic E-state index is 0.0560. The molecule has 0 saturated heterocycles. The van der Waals surface area contributed by atoms with Crippen LogP contribution >= 0.6 is 0 Å². The third-order valence-electron chi connectivity index (χ3n) is 3.44. The number of aromatic nitrogens is 1. The molecule has 23 heavy (non-hydrogen) atoms. The average molecular weight is 303 g/mol. The van der Waals surface area contributed by atoms with Crippen molar-refractivity contribution in [2.45, 2.75) is 6.92 Å². The van der Waals surface area contributed by atoms with Crippen molar-refractivity contribution in [1.29, 1.82) is 0 Å². The normalized spacial score (nSPS) is 10.1. The Morgan fingerprint density at radius 1 is 0.870 bits per heavy atom. The lowest BCUT2D eigenvalue weighted by molar-refractivity contribution is 0.101. The Bertz CT molecular complexity index is 771. The number of carbonyl (C=O) groups excluding carboxylic acids is 1. The van der Waals surface area contributed by atoms with Gasteiger partial charge in [0.2, 0.25) is 0 Å². The van der Waals surface area contributed by atoms with Crippen LogP contribution in [0.4, 0.5) is 17.2 Å². The van der Waals surface area contributed by atoms with E-state index in [0.29, 0.717) is 5.56 Å². The molecule has 0 aliphatic rings. The number of hydrogen-bond acceptors (Lipinski definition) is 4. The Balaban J connectivity index is 1.96. The van der Waals surface area contributed by atoms with E-state index in [4.69, 9.17) is 0 Å². The van der Waals surface area contributed by atoms with Crippen LogP contribution in [-0.4, -0.2) is 10.8 Å². The molecule has 0 unspecified atom stereocenters. The molecule has 0 bridgehead atoms. The maximum absolute atomic E-state index is 11.4. The fourth-order valence-electron chi connectivity index (χ4n) is 2.24. The number of anilines is 3. The molecule has 1 N–H and O–H groups in total. The van der Waals surface area contributed by atoms with Crippen LogP contribution < -0.4 is 10.4 Å². The van der Waals surface area contributed by atoms with E-state index in [1.165, 1.54) is 0 Å². The van der Waals surface area contributed by atoms with Gasteiger partial charge in [0, 0.05) is 11.8 Å². The van der Waals surface area contributed by atoms with Gasteiger partial charge in [-0.3, -0.25) is 15.2 Å². The van der Waals surface area contributed by atoms with E-state index >= 15 is 0 Å². The summed E-state index contributed by atoms with van der Waals surface area (Å²) >= 11 is 0. The number of benzene rings is 2. The maximum atomic E-state index is 11.4. The molecule has 1 aromatic heterocycles. The molecule has 114 valence electrons. The first-order valence-corrected chi connectivity index (χ1v) is 7.38. The van der Waals surface area contributed by atoms with Crippen molar-refractivity contribution in [3.8, 4) is 0 Å². The van der Waals surface area contributed by atoms with Gasteiger partial charge in [0.05, 0.1) is 11.4 Å². The molecule has 0 amide bonds. The molecule has 3 rings (SSSR count). The average Bonchev–Trinajstić information content (AvgIpc) is 2.61. The lowest BCUT2D eigenvalue weighted by Gasteiger charge is -2.26. The highest BCUT2D eigenvalue weighted by molar-refractivity contribution is 5.94. The van der Waals surface area contributed by atoms with Crippen LogP contribution in [0.2, 0.25) is 0 Å². The van der Waals surface area contributed by atoms with Crippen LogP contribution in [0.15, 0.2) is 79.0 Å². The SMILES string of the molecule is CC(=O)c1ccc(N(Nc2ccccn2)c2ccccc2)cc1. The summed E-state index contributed by atoms with van der Waals surface area (Å²) in [6, 6.07) is 23.1. The highest BCUT2D eigenvalue weighted by atomic mass is 16.1. The van der Waals surface area contributed by atoms with E-state index in [1.807, 2.05) is 77.8 Å². The number of para-hydroxylation sites is 1. The molecule has 2 aromatic carbocycles. The summed E-state index contributed by atoms with van der Waals surface area (Å²) in [5, 5.41) is 1.94. The lowest BCUT2D eigenvalue weighted by atomic mass is 10.1. The van der Waals surface area contributed by atoms with Crippen LogP contribution in [-0.2, 0) is 0 Å². The number of ketones is 1. The van der Waals surface area contributed by atoms with E-state index < -0.39 is 0 Å². The number of nitrogens with zero attached hydrogens (tertiary/aromatic N) is 2. The number of nitrogens with one attached hydrogen (secondary N) is 1. The molecule has 0 spiro atoms. The van der Waals surface area contributed by atoms with Gasteiger partial charge in [0.15, 0.2) is 5.78 Å². The van der Waals surface area contributed by atoms with Gasteiger partial charge in [0.1, 0.15) is 5.82 Å². The van der Waals surface area contributed by atoms with Crippen molar-refractivity contribution in [2.75, 3.05) is 10.4 Å². The third kappa shape index (κ3) is 3.55. The van der Waals surface area contributed by atoms with Gasteiger partial charge in [-0.25, -0.2) is 4.98 Å². The number of rotatable bonds is 5. The van der Waals surface area contributed by atoms with Crippen molar-refractivity contribution in [2.24, 2.45) is 0 Å². The molecule has 3 aromatic rings. The van der Waals surface area contributed by atoms with E-state index in [9.17, 15) is 4.79 Å². The highest BCUT2D eigenvalue weighted by Crippen LogP contribution is 2.25. The fraction of sp³-hybridized carbons (Fsp3) is 0.0526. The summed E-state index contributed by atoms with van der Waals surface area (Å²) < 4.78 is 0. The van der Waals surface area contributed by atoms with E-state index in [2.05, 4.69) is 10.4 Å². The molecule has 4 nitrogen and oxygen atoms in total. The summed E-state index contributed by atoms with van der Waals surface area (Å²) in [6.07, 6.45) is 1.74. The fourth-order valence-corrected chi connectivity index (χ4v) is 2.24. The van der Waals surface area contributed by atoms with Crippen LogP contribution in [0.1, 0.15) is 17.3 Å². The zero-order chi connectivity index (χ0) is 16.1. The van der Waals surface area contributed by atoms with Crippen molar-refractivity contribution in [3.63, 3.8) is 0 Å². The van der Waals surface area contributed by atoms with E-state index in [-0.39, 0.29) is 5.78 Å². The zero-order valence-electron chi connectivity index (χ0n) is 12.8. The summed E-state index contributed by atoms with van der Waals surface area (Å²) in [7, 11) is 0. The van der Waals surface area contributed by atoms with Gasteiger partial charge in [0.25, 0.3) is 0 Å². The van der Waals surface area contributed by atoms with Crippen molar-refractivity contribution in [1.82, 2.24) is 4.98 Å². The minimum Gasteiger partial charge on any atom is -0.295 e. The molecule has 0 atom stereocenters. The summed E-state index contributed by atoms with van der Waals surface area (Å²) in [5.74, 6) is 0.799. The third-order valence-corrected chi connectivity index (χ3v) is 3.44. The van der Waals surface area contributed by atoms with Gasteiger partial charge in [-0.05, 0) is 55.5 Å². The number of hydrazine groups is 1. The molecule has 4 heteroatoms. The number of Topliss-reactive ketones (excluding diaryl/α,β-unsaturated/α-hetero) is 1. The van der Waals surface area contributed by atoms with E-state index in [1.54, 1.807) is 13.1 Å². The second kappa shape index (κ2) is 6.75. The number of hydrogen-bond donors (Lipinski definition) is 1. The zero-order valence-corrected chi connectivity index (χ0v) is 12.8. The predicted octanol–water partition coefficient (Wildman–Crippen LogP) is 4.45. The topological polar surface area (TPSA) is 45.2 Å². The second-order valence-electron chi connectivity index (χ2n) is 5.10. The van der Waals surface area contributed by atoms with Gasteiger partial charge in [-0.15, -0.1) is 0 Å². The van der Waals surface area contributed by atoms with Crippen molar-refractivity contribution in [3.05, 3.63) is 84.6 Å². The lowest BCUT2D eigenvalue weighted by Crippen LogP contribution is -2.24. The van der Waals surface area contributed by atoms with Crippen LogP contribution in [0, 0.1) is 0 Å².